The third-order valence-electron chi connectivity index (χ3n) is 4.30. The number of alkyl halides is 14. The minimum atomic E-state index is -8.40. The van der Waals surface area contributed by atoms with Gasteiger partial charge in [-0.2, -0.15) is 61.5 Å². The van der Waals surface area contributed by atoms with Crippen molar-refractivity contribution >= 4 is 13.7 Å². The Labute approximate surface area is 197 Å². The van der Waals surface area contributed by atoms with E-state index in [-0.39, 0.29) is 0 Å². The second-order valence-electron chi connectivity index (χ2n) is 7.30. The molecule has 0 aliphatic carbocycles. The van der Waals surface area contributed by atoms with Crippen LogP contribution in [0.3, 0.4) is 0 Å². The number of hydrogen-bond donors (Lipinski definition) is 2. The molecule has 0 unspecified atom stereocenters. The molecule has 2 N–H and O–H groups in total. The highest BCUT2D eigenvalue weighted by molar-refractivity contribution is 7.46. The molecule has 0 aliphatic heterocycles. The zero-order valence-electron chi connectivity index (χ0n) is 17.9. The van der Waals surface area contributed by atoms with Crippen molar-refractivity contribution in [2.45, 2.75) is 48.4 Å². The molecule has 0 aromatic carbocycles. The lowest BCUT2D eigenvalue weighted by atomic mass is 9.89. The molecular weight excluding hydrogens is 583 g/mol. The largest absolute Gasteiger partial charge is 0.469 e. The second kappa shape index (κ2) is 10.3. The van der Waals surface area contributed by atoms with Gasteiger partial charge in [-0.3, -0.25) is 9.32 Å². The smallest absolute Gasteiger partial charge is 0.329 e. The molecular formula is C16H16F14NO5P. The first kappa shape index (κ1) is 35.1. The normalized spacial score (nSPS) is 14.9. The van der Waals surface area contributed by atoms with E-state index >= 15 is 0 Å². The van der Waals surface area contributed by atoms with Crippen molar-refractivity contribution < 1.29 is 85.1 Å². The molecule has 0 saturated carbocycles. The van der Waals surface area contributed by atoms with Crippen LogP contribution < -0.4 is 0 Å². The summed E-state index contributed by atoms with van der Waals surface area (Å²) in [4.78, 5) is 27.6. The van der Waals surface area contributed by atoms with E-state index in [0.29, 0.717) is 6.08 Å². The van der Waals surface area contributed by atoms with Gasteiger partial charge in [-0.05, 0) is 6.92 Å². The summed E-state index contributed by atoms with van der Waals surface area (Å²) in [5.41, 5.74) is -0.705. The summed E-state index contributed by atoms with van der Waals surface area (Å²) in [6, 6.07) is 0. The molecule has 0 aromatic heterocycles. The van der Waals surface area contributed by atoms with E-state index in [2.05, 4.69) is 17.7 Å². The van der Waals surface area contributed by atoms with Crippen LogP contribution in [-0.4, -0.2) is 81.7 Å². The Morgan fingerprint density at radius 3 is 1.49 bits per heavy atom. The van der Waals surface area contributed by atoms with Gasteiger partial charge in [0.15, 0.2) is 0 Å². The molecule has 0 atom stereocenters. The van der Waals surface area contributed by atoms with Gasteiger partial charge >= 0.3 is 49.3 Å². The van der Waals surface area contributed by atoms with Crippen LogP contribution in [0.4, 0.5) is 61.5 Å². The molecule has 1 amide bonds. The number of phosphoric acid groups is 1. The summed E-state index contributed by atoms with van der Waals surface area (Å²) < 4.78 is 206. The molecule has 0 bridgehead atoms. The minimum absolute atomic E-state index is 0.433. The SMILES string of the molecule is C=CCN(CC(F)(F)C(F)(F)C(F)(F)C(F)(F)C(F)(F)C(F)(F)C(F)(F)COP(=O)(O)O)C(=O)C(=C)C. The van der Waals surface area contributed by atoms with E-state index in [1.54, 1.807) is 0 Å². The molecule has 0 spiro atoms. The summed E-state index contributed by atoms with van der Waals surface area (Å²) in [6.07, 6.45) is 0.540. The van der Waals surface area contributed by atoms with Crippen LogP contribution >= 0.6 is 7.82 Å². The maximum atomic E-state index is 14.1. The van der Waals surface area contributed by atoms with E-state index in [4.69, 9.17) is 9.79 Å². The summed E-state index contributed by atoms with van der Waals surface area (Å²) in [6.45, 7) is -1.01. The first-order valence-corrected chi connectivity index (χ1v) is 10.4. The number of hydrogen-bond acceptors (Lipinski definition) is 3. The Hall–Kier alpha value is -1.92. The highest BCUT2D eigenvalue weighted by Gasteiger charge is 2.92. The van der Waals surface area contributed by atoms with E-state index < -0.39 is 85.4 Å². The Balaban J connectivity index is 6.63. The lowest BCUT2D eigenvalue weighted by Gasteiger charge is -2.43. The summed E-state index contributed by atoms with van der Waals surface area (Å²) in [7, 11) is -6.20. The molecule has 21 heteroatoms. The number of amides is 1. The van der Waals surface area contributed by atoms with Crippen molar-refractivity contribution in [1.29, 1.82) is 0 Å². The standard InChI is InChI=1S/C16H16F14NO5P/c1-4-5-31(9(32)8(2)3)6-10(17,18)12(21,22)14(25,26)16(29,30)15(27,28)13(23,24)11(19,20)7-36-37(33,34)35/h4H,1-2,5-7H2,3H3,(H2,33,34,35). The molecule has 37 heavy (non-hydrogen) atoms. The lowest BCUT2D eigenvalue weighted by molar-refractivity contribution is -0.442. The van der Waals surface area contributed by atoms with Gasteiger partial charge in [0.1, 0.15) is 6.61 Å². The first-order chi connectivity index (χ1) is 16.0. The quantitative estimate of drug-likeness (QED) is 0.125. The second-order valence-corrected chi connectivity index (χ2v) is 8.54. The first-order valence-electron chi connectivity index (χ1n) is 8.89. The topological polar surface area (TPSA) is 87.1 Å². The molecule has 6 nitrogen and oxygen atoms in total. The van der Waals surface area contributed by atoms with Crippen LogP contribution in [0.15, 0.2) is 24.8 Å². The monoisotopic (exact) mass is 599 g/mol. The van der Waals surface area contributed by atoms with Crippen molar-refractivity contribution in [2.24, 2.45) is 0 Å². The van der Waals surface area contributed by atoms with Crippen LogP contribution in [0, 0.1) is 0 Å². The number of rotatable bonds is 14. The molecule has 0 aromatic rings. The van der Waals surface area contributed by atoms with Gasteiger partial charge in [0.2, 0.25) is 5.91 Å². The minimum Gasteiger partial charge on any atom is -0.329 e. The van der Waals surface area contributed by atoms with Gasteiger partial charge in [0.25, 0.3) is 0 Å². The fourth-order valence-electron chi connectivity index (χ4n) is 2.29. The molecule has 0 radical (unpaired) electrons. The maximum absolute atomic E-state index is 14.1. The van der Waals surface area contributed by atoms with E-state index in [9.17, 15) is 70.8 Å². The summed E-state index contributed by atoms with van der Waals surface area (Å²) in [5.74, 6) is -55.7. The Morgan fingerprint density at radius 1 is 0.811 bits per heavy atom. The molecule has 0 saturated heterocycles. The van der Waals surface area contributed by atoms with Gasteiger partial charge in [0.05, 0.1) is 6.54 Å². The number of nitrogens with zero attached hydrogens (tertiary/aromatic N) is 1. The molecule has 0 rings (SSSR count). The van der Waals surface area contributed by atoms with Crippen LogP contribution in [0.5, 0.6) is 0 Å². The number of carbonyl (C=O) groups is 1. The highest BCUT2D eigenvalue weighted by atomic mass is 31.2. The summed E-state index contributed by atoms with van der Waals surface area (Å²) in [5, 5.41) is 0. The third-order valence-corrected chi connectivity index (χ3v) is 4.77. The molecule has 0 aliphatic rings. The van der Waals surface area contributed by atoms with E-state index in [1.165, 1.54) is 0 Å². The van der Waals surface area contributed by atoms with Crippen LogP contribution in [0.1, 0.15) is 6.92 Å². The van der Waals surface area contributed by atoms with Gasteiger partial charge in [-0.1, -0.05) is 12.7 Å². The Kier molecular flexibility index (Phi) is 9.80. The van der Waals surface area contributed by atoms with Crippen LogP contribution in [0.2, 0.25) is 0 Å². The predicted molar refractivity (Wildman–Crippen MR) is 94.2 cm³/mol. The molecule has 218 valence electrons. The van der Waals surface area contributed by atoms with Crippen LogP contribution in [0.25, 0.3) is 0 Å². The summed E-state index contributed by atoms with van der Waals surface area (Å²) >= 11 is 0. The molecule has 0 heterocycles. The van der Waals surface area contributed by atoms with Crippen molar-refractivity contribution in [3.63, 3.8) is 0 Å². The van der Waals surface area contributed by atoms with E-state index in [1.807, 2.05) is 0 Å². The van der Waals surface area contributed by atoms with Crippen molar-refractivity contribution in [3.8, 4) is 0 Å². The fraction of sp³-hybridized carbons (Fsp3) is 0.688. The van der Waals surface area contributed by atoms with Crippen molar-refractivity contribution in [2.75, 3.05) is 19.7 Å². The van der Waals surface area contributed by atoms with Crippen molar-refractivity contribution in [1.82, 2.24) is 4.90 Å². The molecule has 0 fully saturated rings. The number of carbonyl (C=O) groups excluding carboxylic acids is 1. The number of halogens is 14. The van der Waals surface area contributed by atoms with Gasteiger partial charge in [0, 0.05) is 12.1 Å². The maximum Gasteiger partial charge on any atom is 0.469 e. The van der Waals surface area contributed by atoms with Gasteiger partial charge in [-0.15, -0.1) is 6.58 Å². The van der Waals surface area contributed by atoms with Crippen LogP contribution in [-0.2, 0) is 13.9 Å². The predicted octanol–water partition coefficient (Wildman–Crippen LogP) is 5.13. The van der Waals surface area contributed by atoms with Crippen molar-refractivity contribution in [3.05, 3.63) is 24.8 Å². The zero-order valence-corrected chi connectivity index (χ0v) is 18.8. The highest BCUT2D eigenvalue weighted by Crippen LogP contribution is 2.62. The Morgan fingerprint density at radius 2 is 1.16 bits per heavy atom. The fourth-order valence-corrected chi connectivity index (χ4v) is 2.62. The average molecular weight is 599 g/mol. The number of phosphoric ester groups is 1. The zero-order chi connectivity index (χ0) is 30.3. The van der Waals surface area contributed by atoms with Gasteiger partial charge in [-0.25, -0.2) is 4.57 Å². The Bertz CT molecular complexity index is 933. The lowest BCUT2D eigenvalue weighted by Crippen LogP contribution is -2.74. The van der Waals surface area contributed by atoms with E-state index in [0.717, 1.165) is 6.92 Å². The van der Waals surface area contributed by atoms with Gasteiger partial charge < -0.3 is 14.7 Å². The third kappa shape index (κ3) is 6.22. The average Bonchev–Trinajstić information content (AvgIpc) is 2.69.